The number of hydrogen-bond donors (Lipinski definition) is 1. The van der Waals surface area contributed by atoms with Gasteiger partial charge in [-0.1, -0.05) is 43.2 Å². The zero-order valence-electron chi connectivity index (χ0n) is 16.2. The lowest BCUT2D eigenvalue weighted by molar-refractivity contribution is -0.113. The van der Waals surface area contributed by atoms with Gasteiger partial charge < -0.3 is 9.73 Å². The quantitative estimate of drug-likeness (QED) is 0.693. The van der Waals surface area contributed by atoms with E-state index in [-0.39, 0.29) is 11.7 Å². The van der Waals surface area contributed by atoms with Gasteiger partial charge in [-0.25, -0.2) is 0 Å². The third kappa shape index (κ3) is 5.35. The van der Waals surface area contributed by atoms with Crippen molar-refractivity contribution in [2.75, 3.05) is 24.2 Å². The first-order chi connectivity index (χ1) is 13.8. The number of amides is 1. The number of nitrogens with zero attached hydrogens (tertiary/aromatic N) is 3. The van der Waals surface area contributed by atoms with Gasteiger partial charge in [-0.05, 0) is 56.5 Å². The van der Waals surface area contributed by atoms with E-state index < -0.39 is 0 Å². The van der Waals surface area contributed by atoms with Gasteiger partial charge in [0.25, 0.3) is 5.22 Å². The topological polar surface area (TPSA) is 71.3 Å². The molecule has 4 rings (SSSR count). The first-order valence-electron chi connectivity index (χ1n) is 10.3. The molecule has 2 aliphatic rings. The summed E-state index contributed by atoms with van der Waals surface area (Å²) >= 11 is 1.30. The van der Waals surface area contributed by atoms with Crippen LogP contribution >= 0.6 is 11.8 Å². The van der Waals surface area contributed by atoms with Crippen LogP contribution in [-0.4, -0.2) is 39.8 Å². The Labute approximate surface area is 170 Å². The number of benzene rings is 1. The van der Waals surface area contributed by atoms with Gasteiger partial charge in [-0.2, -0.15) is 0 Å². The summed E-state index contributed by atoms with van der Waals surface area (Å²) in [5.74, 6) is 1.33. The fourth-order valence-electron chi connectivity index (χ4n) is 4.01. The number of rotatable bonds is 7. The summed E-state index contributed by atoms with van der Waals surface area (Å²) in [7, 11) is 0. The number of likely N-dealkylation sites (tertiary alicyclic amines) is 1. The first-order valence-corrected chi connectivity index (χ1v) is 11.3. The monoisotopic (exact) mass is 400 g/mol. The third-order valence-corrected chi connectivity index (χ3v) is 6.36. The Hall–Kier alpha value is -1.86. The van der Waals surface area contributed by atoms with Crippen molar-refractivity contribution >= 4 is 23.4 Å². The molecule has 7 heteroatoms. The minimum Gasteiger partial charge on any atom is -0.416 e. The molecule has 1 saturated carbocycles. The van der Waals surface area contributed by atoms with Crippen molar-refractivity contribution in [3.63, 3.8) is 0 Å². The van der Waals surface area contributed by atoms with Gasteiger partial charge in [-0.3, -0.25) is 9.69 Å². The van der Waals surface area contributed by atoms with Gasteiger partial charge in [0.15, 0.2) is 0 Å². The number of carbonyl (C=O) groups is 1. The van der Waals surface area contributed by atoms with Crippen LogP contribution in [0.15, 0.2) is 33.9 Å². The lowest BCUT2D eigenvalue weighted by atomic mass is 9.89. The summed E-state index contributed by atoms with van der Waals surface area (Å²) in [5, 5.41) is 11.7. The molecule has 2 fully saturated rings. The molecule has 0 atom stereocenters. The lowest BCUT2D eigenvalue weighted by Crippen LogP contribution is -2.18. The summed E-state index contributed by atoms with van der Waals surface area (Å²) in [6.45, 7) is 3.37. The Morgan fingerprint density at radius 3 is 2.57 bits per heavy atom. The Kier molecular flexibility index (Phi) is 6.65. The second kappa shape index (κ2) is 9.56. The molecule has 1 N–H and O–H groups in total. The van der Waals surface area contributed by atoms with Crippen LogP contribution in [0.4, 0.5) is 5.69 Å². The first kappa shape index (κ1) is 19.5. The van der Waals surface area contributed by atoms with E-state index in [0.717, 1.165) is 31.0 Å². The number of carbonyl (C=O) groups excluding carboxylic acids is 1. The molecule has 0 radical (unpaired) electrons. The molecule has 1 aromatic carbocycles. The average molecular weight is 401 g/mol. The van der Waals surface area contributed by atoms with Crippen LogP contribution in [0.1, 0.15) is 62.3 Å². The van der Waals surface area contributed by atoms with Crippen LogP contribution in [-0.2, 0) is 11.3 Å². The zero-order valence-corrected chi connectivity index (χ0v) is 17.0. The van der Waals surface area contributed by atoms with Crippen molar-refractivity contribution in [1.29, 1.82) is 0 Å². The SMILES string of the molecule is O=C(CSc1nnc(C2CCCCC2)o1)Nc1ccc(CN2CCCC2)cc1. The molecule has 0 unspecified atom stereocenters. The van der Waals surface area contributed by atoms with Crippen LogP contribution in [0.3, 0.4) is 0 Å². The highest BCUT2D eigenvalue weighted by molar-refractivity contribution is 7.99. The third-order valence-electron chi connectivity index (χ3n) is 5.55. The maximum absolute atomic E-state index is 12.2. The van der Waals surface area contributed by atoms with Gasteiger partial charge in [0.05, 0.1) is 5.75 Å². The van der Waals surface area contributed by atoms with E-state index in [1.54, 1.807) is 0 Å². The molecule has 2 heterocycles. The Morgan fingerprint density at radius 1 is 1.07 bits per heavy atom. The van der Waals surface area contributed by atoms with E-state index in [1.807, 2.05) is 12.1 Å². The maximum Gasteiger partial charge on any atom is 0.277 e. The fourth-order valence-corrected chi connectivity index (χ4v) is 4.58. The summed E-state index contributed by atoms with van der Waals surface area (Å²) in [4.78, 5) is 14.7. The molecule has 6 nitrogen and oxygen atoms in total. The lowest BCUT2D eigenvalue weighted by Gasteiger charge is -2.17. The molecular weight excluding hydrogens is 372 g/mol. The van der Waals surface area contributed by atoms with Gasteiger partial charge in [0.2, 0.25) is 11.8 Å². The van der Waals surface area contributed by atoms with Gasteiger partial charge in [0.1, 0.15) is 0 Å². The molecule has 0 spiro atoms. The van der Waals surface area contributed by atoms with Gasteiger partial charge >= 0.3 is 0 Å². The highest BCUT2D eigenvalue weighted by Gasteiger charge is 2.21. The normalized spacial score (nSPS) is 18.4. The molecule has 150 valence electrons. The van der Waals surface area contributed by atoms with E-state index in [2.05, 4.69) is 32.5 Å². The highest BCUT2D eigenvalue weighted by atomic mass is 32.2. The fraction of sp³-hybridized carbons (Fsp3) is 0.571. The van der Waals surface area contributed by atoms with E-state index in [4.69, 9.17) is 4.42 Å². The van der Waals surface area contributed by atoms with Crippen molar-refractivity contribution < 1.29 is 9.21 Å². The van der Waals surface area contributed by atoms with Crippen LogP contribution < -0.4 is 5.32 Å². The number of thioether (sulfide) groups is 1. The summed E-state index contributed by atoms with van der Waals surface area (Å²) in [6.07, 6.45) is 8.61. The van der Waals surface area contributed by atoms with Gasteiger partial charge in [-0.15, -0.1) is 10.2 Å². The molecular formula is C21H28N4O2S. The highest BCUT2D eigenvalue weighted by Crippen LogP contribution is 2.32. The predicted octanol–water partition coefficient (Wildman–Crippen LogP) is 4.44. The van der Waals surface area contributed by atoms with E-state index >= 15 is 0 Å². The van der Waals surface area contributed by atoms with Crippen molar-refractivity contribution in [2.24, 2.45) is 0 Å². The Bertz CT molecular complexity index is 765. The predicted molar refractivity (Wildman–Crippen MR) is 110 cm³/mol. The largest absolute Gasteiger partial charge is 0.416 e. The van der Waals surface area contributed by atoms with Crippen molar-refractivity contribution in [3.05, 3.63) is 35.7 Å². The zero-order chi connectivity index (χ0) is 19.2. The minimum atomic E-state index is -0.0605. The summed E-state index contributed by atoms with van der Waals surface area (Å²) in [6, 6.07) is 8.13. The van der Waals surface area contributed by atoms with Crippen molar-refractivity contribution in [1.82, 2.24) is 15.1 Å². The molecule has 1 aliphatic heterocycles. The average Bonchev–Trinajstić information content (AvgIpc) is 3.41. The number of hydrogen-bond acceptors (Lipinski definition) is 6. The van der Waals surface area contributed by atoms with Crippen molar-refractivity contribution in [2.45, 2.75) is 62.6 Å². The molecule has 1 aliphatic carbocycles. The molecule has 0 bridgehead atoms. The molecule has 2 aromatic rings. The maximum atomic E-state index is 12.2. The van der Waals surface area contributed by atoms with Crippen molar-refractivity contribution in [3.8, 4) is 0 Å². The second-order valence-corrected chi connectivity index (χ2v) is 8.68. The van der Waals surface area contributed by atoms with E-state index in [9.17, 15) is 4.79 Å². The molecule has 28 heavy (non-hydrogen) atoms. The number of aromatic nitrogens is 2. The smallest absolute Gasteiger partial charge is 0.277 e. The van der Waals surface area contributed by atoms with E-state index in [1.165, 1.54) is 62.5 Å². The summed E-state index contributed by atoms with van der Waals surface area (Å²) in [5.41, 5.74) is 2.11. The molecule has 1 saturated heterocycles. The van der Waals surface area contributed by atoms with Crippen LogP contribution in [0.5, 0.6) is 0 Å². The molecule has 1 aromatic heterocycles. The molecule has 1 amide bonds. The second-order valence-electron chi connectivity index (χ2n) is 7.76. The van der Waals surface area contributed by atoms with Crippen LogP contribution in [0, 0.1) is 0 Å². The van der Waals surface area contributed by atoms with Crippen LogP contribution in [0.2, 0.25) is 0 Å². The summed E-state index contributed by atoms with van der Waals surface area (Å²) < 4.78 is 5.76. The van der Waals surface area contributed by atoms with E-state index in [0.29, 0.717) is 11.1 Å². The minimum absolute atomic E-state index is 0.0605. The Morgan fingerprint density at radius 2 is 1.82 bits per heavy atom. The standard InChI is InChI=1S/C21H28N4O2S/c26-19(15-28-21-24-23-20(27-21)17-6-2-1-3-7-17)22-18-10-8-16(9-11-18)14-25-12-4-5-13-25/h8-11,17H,1-7,12-15H2,(H,22,26). The number of anilines is 1. The van der Waals surface area contributed by atoms with Gasteiger partial charge in [0, 0.05) is 18.2 Å². The van der Waals surface area contributed by atoms with Crippen LogP contribution in [0.25, 0.3) is 0 Å². The number of nitrogens with one attached hydrogen (secondary N) is 1. The Balaban J connectivity index is 1.22.